The Morgan fingerprint density at radius 3 is 3.07 bits per heavy atom. The Bertz CT molecular complexity index is 370. The lowest BCUT2D eigenvalue weighted by molar-refractivity contribution is 0.0968. The van der Waals surface area contributed by atoms with E-state index in [1.54, 1.807) is 13.1 Å². The van der Waals surface area contributed by atoms with E-state index in [4.69, 9.17) is 4.42 Å². The molecule has 1 unspecified atom stereocenters. The number of carbonyl (C=O) groups excluding carboxylic acids is 1. The van der Waals surface area contributed by atoms with Crippen LogP contribution >= 0.6 is 0 Å². The van der Waals surface area contributed by atoms with Crippen LogP contribution in [0.2, 0.25) is 0 Å². The van der Waals surface area contributed by atoms with Crippen molar-refractivity contribution < 1.29 is 14.3 Å². The third-order valence-corrected chi connectivity index (χ3v) is 2.66. The first-order chi connectivity index (χ1) is 7.22. The molecule has 0 bridgehead atoms. The summed E-state index contributed by atoms with van der Waals surface area (Å²) in [6.07, 6.45) is 1.57. The summed E-state index contributed by atoms with van der Waals surface area (Å²) in [7, 11) is 1.76. The number of carbonyl (C=O) groups is 1. The molecule has 15 heavy (non-hydrogen) atoms. The Kier molecular flexibility index (Phi) is 2.88. The predicted octanol–water partition coefficient (Wildman–Crippen LogP) is 1.05. The highest BCUT2D eigenvalue weighted by Gasteiger charge is 2.24. The zero-order valence-electron chi connectivity index (χ0n) is 8.75. The fraction of sp³-hybridized carbons (Fsp3) is 0.545. The topological polar surface area (TPSA) is 62.5 Å². The molecule has 2 N–H and O–H groups in total. The van der Waals surface area contributed by atoms with Gasteiger partial charge in [0.1, 0.15) is 17.6 Å². The van der Waals surface area contributed by atoms with Crippen molar-refractivity contribution >= 4 is 5.78 Å². The number of Topliss-reactive ketones (excluding diaryl/α,β-unsaturated/α-hetero) is 1. The van der Waals surface area contributed by atoms with Crippen LogP contribution in [0.4, 0.5) is 0 Å². The number of fused-ring (bicyclic) bond motifs is 1. The fourth-order valence-corrected chi connectivity index (χ4v) is 1.87. The molecule has 2 rings (SSSR count). The summed E-state index contributed by atoms with van der Waals surface area (Å²) in [6.45, 7) is 0.431. The highest BCUT2D eigenvalue weighted by Crippen LogP contribution is 2.27. The minimum Gasteiger partial charge on any atom is -0.462 e. The molecule has 0 radical (unpaired) electrons. The maximum absolute atomic E-state index is 11.5. The quantitative estimate of drug-likeness (QED) is 0.781. The van der Waals surface area contributed by atoms with Crippen LogP contribution in [0.3, 0.4) is 0 Å². The minimum atomic E-state index is -0.673. The van der Waals surface area contributed by atoms with E-state index in [2.05, 4.69) is 5.32 Å². The van der Waals surface area contributed by atoms with Gasteiger partial charge >= 0.3 is 0 Å². The summed E-state index contributed by atoms with van der Waals surface area (Å²) >= 11 is 0. The van der Waals surface area contributed by atoms with E-state index in [0.717, 1.165) is 18.6 Å². The number of hydrogen-bond acceptors (Lipinski definition) is 4. The second-order valence-electron chi connectivity index (χ2n) is 3.84. The third kappa shape index (κ3) is 1.96. The molecule has 1 aromatic rings. The Hall–Kier alpha value is -1.13. The molecule has 0 amide bonds. The van der Waals surface area contributed by atoms with E-state index in [0.29, 0.717) is 24.3 Å². The third-order valence-electron chi connectivity index (χ3n) is 2.66. The number of nitrogens with one attached hydrogen (secondary N) is 1. The van der Waals surface area contributed by atoms with Crippen LogP contribution in [0.15, 0.2) is 10.5 Å². The van der Waals surface area contributed by atoms with E-state index in [1.165, 1.54) is 0 Å². The summed E-state index contributed by atoms with van der Waals surface area (Å²) in [5.41, 5.74) is 0.659. The minimum absolute atomic E-state index is 0.128. The predicted molar refractivity (Wildman–Crippen MR) is 54.9 cm³/mol. The molecular weight excluding hydrogens is 194 g/mol. The van der Waals surface area contributed by atoms with Gasteiger partial charge in [-0.15, -0.1) is 0 Å². The molecule has 0 saturated carbocycles. The van der Waals surface area contributed by atoms with Gasteiger partial charge in [-0.05, 0) is 19.5 Å². The Labute approximate surface area is 88.3 Å². The van der Waals surface area contributed by atoms with Crippen LogP contribution in [0.5, 0.6) is 0 Å². The Morgan fingerprint density at radius 2 is 2.40 bits per heavy atom. The molecule has 4 heteroatoms. The van der Waals surface area contributed by atoms with E-state index in [9.17, 15) is 9.90 Å². The van der Waals surface area contributed by atoms with Gasteiger partial charge in [0.2, 0.25) is 0 Å². The lowest BCUT2D eigenvalue weighted by Crippen LogP contribution is -2.16. The normalized spacial score (nSPS) is 17.6. The number of likely N-dealkylation sites (N-methyl/N-ethyl adjacent to an activating group) is 1. The van der Waals surface area contributed by atoms with Crippen LogP contribution in [-0.4, -0.2) is 24.5 Å². The molecule has 1 atom stereocenters. The monoisotopic (exact) mass is 209 g/mol. The van der Waals surface area contributed by atoms with E-state index < -0.39 is 6.10 Å². The van der Waals surface area contributed by atoms with Gasteiger partial charge in [-0.25, -0.2) is 0 Å². The summed E-state index contributed by atoms with van der Waals surface area (Å²) < 4.78 is 5.48. The highest BCUT2D eigenvalue weighted by atomic mass is 16.4. The van der Waals surface area contributed by atoms with Gasteiger partial charge in [0.15, 0.2) is 5.78 Å². The van der Waals surface area contributed by atoms with Crippen molar-refractivity contribution in [3.63, 3.8) is 0 Å². The zero-order valence-corrected chi connectivity index (χ0v) is 8.75. The van der Waals surface area contributed by atoms with Gasteiger partial charge in [0.25, 0.3) is 0 Å². The maximum Gasteiger partial charge on any atom is 0.166 e. The van der Waals surface area contributed by atoms with Crippen LogP contribution in [0, 0.1) is 0 Å². The van der Waals surface area contributed by atoms with Crippen molar-refractivity contribution in [2.75, 3.05) is 13.6 Å². The first kappa shape index (κ1) is 10.4. The average Bonchev–Trinajstić information content (AvgIpc) is 2.63. The standard InChI is InChI=1S/C11H15NO3/c1-12-6-9(14)11-5-7-8(13)3-2-4-10(7)15-11/h5,9,12,14H,2-4,6H2,1H3. The number of hydrogen-bond donors (Lipinski definition) is 2. The van der Waals surface area contributed by atoms with Gasteiger partial charge in [-0.1, -0.05) is 0 Å². The van der Waals surface area contributed by atoms with E-state index >= 15 is 0 Å². The molecule has 0 saturated heterocycles. The van der Waals surface area contributed by atoms with E-state index in [1.807, 2.05) is 0 Å². The molecule has 82 valence electrons. The summed E-state index contributed by atoms with van der Waals surface area (Å²) in [5, 5.41) is 12.6. The van der Waals surface area contributed by atoms with Crippen LogP contribution < -0.4 is 5.32 Å². The first-order valence-corrected chi connectivity index (χ1v) is 5.21. The number of furan rings is 1. The highest BCUT2D eigenvalue weighted by molar-refractivity contribution is 5.98. The maximum atomic E-state index is 11.5. The second kappa shape index (κ2) is 4.16. The molecular formula is C11H15NO3. The molecule has 4 nitrogen and oxygen atoms in total. The van der Waals surface area contributed by atoms with Gasteiger partial charge in [0.05, 0.1) is 5.56 Å². The number of rotatable bonds is 3. The number of aliphatic hydroxyl groups excluding tert-OH is 1. The Balaban J connectivity index is 2.25. The smallest absolute Gasteiger partial charge is 0.166 e. The second-order valence-corrected chi connectivity index (χ2v) is 3.84. The molecule has 1 aliphatic carbocycles. The summed E-state index contributed by atoms with van der Waals surface area (Å²) in [6, 6.07) is 1.68. The van der Waals surface area contributed by atoms with Crippen molar-refractivity contribution in [2.45, 2.75) is 25.4 Å². The van der Waals surface area contributed by atoms with Crippen molar-refractivity contribution in [3.8, 4) is 0 Å². The van der Waals surface area contributed by atoms with Gasteiger partial charge in [-0.2, -0.15) is 0 Å². The molecule has 0 aromatic carbocycles. The Morgan fingerprint density at radius 1 is 1.60 bits per heavy atom. The van der Waals surface area contributed by atoms with Crippen molar-refractivity contribution in [1.29, 1.82) is 0 Å². The molecule has 0 fully saturated rings. The number of ketones is 1. The zero-order chi connectivity index (χ0) is 10.8. The largest absolute Gasteiger partial charge is 0.462 e. The van der Waals surface area contributed by atoms with Crippen molar-refractivity contribution in [1.82, 2.24) is 5.32 Å². The average molecular weight is 209 g/mol. The van der Waals surface area contributed by atoms with Gasteiger partial charge in [0, 0.05) is 19.4 Å². The molecule has 0 aliphatic heterocycles. The molecule has 1 aliphatic rings. The van der Waals surface area contributed by atoms with Crippen LogP contribution in [-0.2, 0) is 6.42 Å². The van der Waals surface area contributed by atoms with Gasteiger partial charge in [-0.3, -0.25) is 4.79 Å². The summed E-state index contributed by atoms with van der Waals surface area (Å²) in [5.74, 6) is 1.35. The first-order valence-electron chi connectivity index (χ1n) is 5.21. The lowest BCUT2D eigenvalue weighted by atomic mass is 9.97. The lowest BCUT2D eigenvalue weighted by Gasteiger charge is -2.07. The molecule has 1 heterocycles. The fourth-order valence-electron chi connectivity index (χ4n) is 1.87. The number of aliphatic hydroxyl groups is 1. The number of aryl methyl sites for hydroxylation is 1. The van der Waals surface area contributed by atoms with Crippen LogP contribution in [0.1, 0.15) is 40.8 Å². The van der Waals surface area contributed by atoms with E-state index in [-0.39, 0.29) is 5.78 Å². The molecule has 0 spiro atoms. The van der Waals surface area contributed by atoms with Crippen LogP contribution in [0.25, 0.3) is 0 Å². The van der Waals surface area contributed by atoms with Gasteiger partial charge < -0.3 is 14.8 Å². The summed E-state index contributed by atoms with van der Waals surface area (Å²) in [4.78, 5) is 11.5. The molecule has 1 aromatic heterocycles. The van der Waals surface area contributed by atoms with Crippen molar-refractivity contribution in [3.05, 3.63) is 23.2 Å². The SMILES string of the molecule is CNCC(O)c1cc2c(o1)CCCC2=O. The van der Waals surface area contributed by atoms with Crippen molar-refractivity contribution in [2.24, 2.45) is 0 Å².